The van der Waals surface area contributed by atoms with E-state index < -0.39 is 0 Å². The molecule has 3 N–H and O–H groups in total. The van der Waals surface area contributed by atoms with Crippen molar-refractivity contribution in [3.63, 3.8) is 0 Å². The van der Waals surface area contributed by atoms with Crippen molar-refractivity contribution in [1.29, 1.82) is 0 Å². The molecule has 0 aromatic heterocycles. The Hall–Kier alpha value is -2.07. The van der Waals surface area contributed by atoms with Crippen LogP contribution in [-0.4, -0.2) is 10.2 Å². The van der Waals surface area contributed by atoms with E-state index in [-0.39, 0.29) is 28.6 Å². The molecule has 121 valence electrons. The van der Waals surface area contributed by atoms with Crippen molar-refractivity contribution in [2.75, 3.05) is 5.32 Å². The summed E-state index contributed by atoms with van der Waals surface area (Å²) in [6.45, 7) is 0. The van der Waals surface area contributed by atoms with E-state index in [9.17, 15) is 0 Å². The van der Waals surface area contributed by atoms with Gasteiger partial charge in [0.2, 0.25) is 0 Å². The zero-order valence-corrected chi connectivity index (χ0v) is 13.8. The minimum Gasteiger partial charge on any atom is -0.508 e. The predicted octanol–water partition coefficient (Wildman–Crippen LogP) is 4.99. The number of aromatic hydroxyl groups is 2. The minimum absolute atomic E-state index is 0. The number of hydrogen-bond donors (Lipinski definition) is 3. The van der Waals surface area contributed by atoms with E-state index >= 15 is 0 Å². The topological polar surface area (TPSA) is 52.5 Å². The SMILES string of the molecule is Oc1ccc(O)cc1.[Cu].c1ccc2c(c1)Nc1ccccc1S2. The van der Waals surface area contributed by atoms with Crippen LogP contribution in [0.15, 0.2) is 82.6 Å². The molecule has 0 spiro atoms. The maximum atomic E-state index is 8.65. The van der Waals surface area contributed by atoms with Gasteiger partial charge in [0, 0.05) is 26.9 Å². The Kier molecular flexibility index (Phi) is 5.99. The predicted molar refractivity (Wildman–Crippen MR) is 90.1 cm³/mol. The molecule has 0 atom stereocenters. The Labute approximate surface area is 149 Å². The van der Waals surface area contributed by atoms with E-state index in [0.717, 1.165) is 0 Å². The summed E-state index contributed by atoms with van der Waals surface area (Å²) in [5, 5.41) is 20.7. The van der Waals surface area contributed by atoms with Crippen molar-refractivity contribution in [3.05, 3.63) is 72.8 Å². The van der Waals surface area contributed by atoms with E-state index in [2.05, 4.69) is 53.8 Å². The smallest absolute Gasteiger partial charge is 0.115 e. The van der Waals surface area contributed by atoms with Crippen molar-refractivity contribution < 1.29 is 27.3 Å². The average molecular weight is 373 g/mol. The van der Waals surface area contributed by atoms with Gasteiger partial charge in [0.25, 0.3) is 0 Å². The molecule has 1 radical (unpaired) electrons. The average Bonchev–Trinajstić information content (AvgIpc) is 2.56. The van der Waals surface area contributed by atoms with Crippen LogP contribution in [0.3, 0.4) is 0 Å². The van der Waals surface area contributed by atoms with E-state index in [1.54, 1.807) is 0 Å². The molecule has 0 fully saturated rings. The number of phenolic OH excluding ortho intramolecular Hbond substituents is 2. The normalized spacial score (nSPS) is 10.8. The maximum Gasteiger partial charge on any atom is 0.115 e. The van der Waals surface area contributed by atoms with Gasteiger partial charge < -0.3 is 15.5 Å². The quantitative estimate of drug-likeness (QED) is 0.300. The zero-order valence-electron chi connectivity index (χ0n) is 12.0. The number of anilines is 2. The maximum absolute atomic E-state index is 8.65. The van der Waals surface area contributed by atoms with E-state index in [1.165, 1.54) is 45.4 Å². The van der Waals surface area contributed by atoms with Crippen molar-refractivity contribution >= 4 is 23.1 Å². The fourth-order valence-corrected chi connectivity index (χ4v) is 3.02. The number of nitrogens with one attached hydrogen (secondary N) is 1. The molecule has 1 aliphatic rings. The molecule has 0 saturated carbocycles. The zero-order chi connectivity index (χ0) is 15.4. The van der Waals surface area contributed by atoms with E-state index in [4.69, 9.17) is 10.2 Å². The van der Waals surface area contributed by atoms with Crippen molar-refractivity contribution in [2.45, 2.75) is 9.79 Å². The van der Waals surface area contributed by atoms with Gasteiger partial charge >= 0.3 is 0 Å². The molecule has 3 aromatic rings. The van der Waals surface area contributed by atoms with Gasteiger partial charge in [0.05, 0.1) is 11.4 Å². The first kappa shape index (κ1) is 17.3. The Balaban J connectivity index is 0.000000185. The summed E-state index contributed by atoms with van der Waals surface area (Å²) in [6, 6.07) is 22.5. The number of fused-ring (bicyclic) bond motifs is 2. The molecule has 0 amide bonds. The molecule has 3 nitrogen and oxygen atoms in total. The Morgan fingerprint density at radius 3 is 1.43 bits per heavy atom. The minimum atomic E-state index is 0. The number of hydrogen-bond acceptors (Lipinski definition) is 4. The third kappa shape index (κ3) is 4.45. The summed E-state index contributed by atoms with van der Waals surface area (Å²) in [6.07, 6.45) is 0. The summed E-state index contributed by atoms with van der Waals surface area (Å²) in [5.74, 6) is 0.339. The largest absolute Gasteiger partial charge is 0.508 e. The second kappa shape index (κ2) is 7.97. The van der Waals surface area contributed by atoms with E-state index in [0.29, 0.717) is 0 Å². The van der Waals surface area contributed by atoms with Gasteiger partial charge in [0.1, 0.15) is 11.5 Å². The fraction of sp³-hybridized carbons (Fsp3) is 0. The molecule has 3 aromatic carbocycles. The first-order valence-corrected chi connectivity index (χ1v) is 7.65. The van der Waals surface area contributed by atoms with Gasteiger partial charge in [-0.3, -0.25) is 0 Å². The molecule has 1 aliphatic heterocycles. The Morgan fingerprint density at radius 1 is 0.609 bits per heavy atom. The second-order valence-corrected chi connectivity index (χ2v) is 5.82. The summed E-state index contributed by atoms with van der Waals surface area (Å²) in [7, 11) is 0. The molecule has 0 saturated heterocycles. The van der Waals surface area contributed by atoms with Gasteiger partial charge in [-0.2, -0.15) is 0 Å². The molecule has 5 heteroatoms. The first-order chi connectivity index (χ1) is 10.7. The molecular weight excluding hydrogens is 358 g/mol. The third-order valence-electron chi connectivity index (χ3n) is 3.11. The molecule has 0 bridgehead atoms. The summed E-state index contributed by atoms with van der Waals surface area (Å²) >= 11 is 1.82. The van der Waals surface area contributed by atoms with Gasteiger partial charge in [0.15, 0.2) is 0 Å². The fourth-order valence-electron chi connectivity index (χ4n) is 2.03. The van der Waals surface area contributed by atoms with E-state index in [1.807, 2.05) is 11.8 Å². The van der Waals surface area contributed by atoms with Crippen LogP contribution >= 0.6 is 11.8 Å². The van der Waals surface area contributed by atoms with Crippen LogP contribution in [0.1, 0.15) is 0 Å². The number of benzene rings is 3. The molecule has 23 heavy (non-hydrogen) atoms. The first-order valence-electron chi connectivity index (χ1n) is 6.83. The van der Waals surface area contributed by atoms with Crippen molar-refractivity contribution in [1.82, 2.24) is 0 Å². The number of rotatable bonds is 0. The Bertz CT molecular complexity index is 669. The van der Waals surface area contributed by atoms with Crippen LogP contribution in [0.5, 0.6) is 11.5 Å². The number of phenols is 2. The molecule has 0 aliphatic carbocycles. The van der Waals surface area contributed by atoms with Crippen molar-refractivity contribution in [2.24, 2.45) is 0 Å². The van der Waals surface area contributed by atoms with Crippen molar-refractivity contribution in [3.8, 4) is 11.5 Å². The van der Waals surface area contributed by atoms with Gasteiger partial charge in [-0.15, -0.1) is 0 Å². The van der Waals surface area contributed by atoms with Crippen LogP contribution in [0.25, 0.3) is 0 Å². The molecule has 0 unspecified atom stereocenters. The summed E-state index contributed by atoms with van der Waals surface area (Å²) in [4.78, 5) is 2.59. The van der Waals surface area contributed by atoms with Crippen LogP contribution in [-0.2, 0) is 17.1 Å². The van der Waals surface area contributed by atoms with Crippen LogP contribution in [0, 0.1) is 0 Å². The van der Waals surface area contributed by atoms with Crippen LogP contribution in [0.4, 0.5) is 11.4 Å². The van der Waals surface area contributed by atoms with Gasteiger partial charge in [-0.25, -0.2) is 0 Å². The summed E-state index contributed by atoms with van der Waals surface area (Å²) in [5.41, 5.74) is 2.41. The molecule has 1 heterocycles. The molecular formula is C18H15CuNO2S. The summed E-state index contributed by atoms with van der Waals surface area (Å²) < 4.78 is 0. The van der Waals surface area contributed by atoms with Crippen LogP contribution in [0.2, 0.25) is 0 Å². The van der Waals surface area contributed by atoms with Gasteiger partial charge in [-0.1, -0.05) is 36.0 Å². The third-order valence-corrected chi connectivity index (χ3v) is 4.26. The van der Waals surface area contributed by atoms with Gasteiger partial charge in [-0.05, 0) is 48.5 Å². The second-order valence-electron chi connectivity index (χ2n) is 4.74. The monoisotopic (exact) mass is 372 g/mol. The standard InChI is InChI=1S/C12H9NS.C6H6O2.Cu/c1-3-7-11-9(5-1)13-10-6-2-4-8-12(10)14-11;7-5-1-2-6(8)4-3-5;/h1-8,13H;1-4,7-8H;. The molecule has 4 rings (SSSR count). The Morgan fingerprint density at radius 2 is 1.00 bits per heavy atom. The number of para-hydroxylation sites is 2. The van der Waals surface area contributed by atoms with Crippen LogP contribution < -0.4 is 5.32 Å².